The second kappa shape index (κ2) is 3.84. The van der Waals surface area contributed by atoms with Crippen molar-refractivity contribution in [2.75, 3.05) is 0 Å². The lowest BCUT2D eigenvalue weighted by atomic mass is 10.4. The van der Waals surface area contributed by atoms with Crippen molar-refractivity contribution >= 4 is 34.6 Å². The van der Waals surface area contributed by atoms with Crippen LogP contribution in [-0.4, -0.2) is 14.5 Å². The van der Waals surface area contributed by atoms with Gasteiger partial charge >= 0.3 is 0 Å². The molecule has 0 fully saturated rings. The summed E-state index contributed by atoms with van der Waals surface area (Å²) in [6.07, 6.45) is 3.59. The maximum Gasteiger partial charge on any atom is 0.178 e. The van der Waals surface area contributed by atoms with Crippen LogP contribution in [0.5, 0.6) is 0 Å². The van der Waals surface area contributed by atoms with Crippen LogP contribution in [0.3, 0.4) is 0 Å². The molecule has 0 saturated heterocycles. The van der Waals surface area contributed by atoms with Gasteiger partial charge < -0.3 is 9.55 Å². The molecule has 0 aliphatic carbocycles. The number of pyridine rings is 1. The SMILES string of the molecule is S=c1[nH]c2cnccc2n1Cc1cccs1. The second-order valence-corrected chi connectivity index (χ2v) is 4.91. The summed E-state index contributed by atoms with van der Waals surface area (Å²) in [5.41, 5.74) is 2.09. The first-order valence-electron chi connectivity index (χ1n) is 4.89. The van der Waals surface area contributed by atoms with Crippen LogP contribution in [0.25, 0.3) is 11.0 Å². The molecule has 0 spiro atoms. The van der Waals surface area contributed by atoms with Crippen LogP contribution in [0, 0.1) is 4.77 Å². The van der Waals surface area contributed by atoms with E-state index in [1.54, 1.807) is 23.7 Å². The molecule has 0 atom stereocenters. The summed E-state index contributed by atoms with van der Waals surface area (Å²) in [6.45, 7) is 0.820. The van der Waals surface area contributed by atoms with Crippen molar-refractivity contribution in [1.82, 2.24) is 14.5 Å². The van der Waals surface area contributed by atoms with E-state index in [0.717, 1.165) is 22.3 Å². The minimum absolute atomic E-state index is 0.747. The van der Waals surface area contributed by atoms with E-state index in [4.69, 9.17) is 12.2 Å². The van der Waals surface area contributed by atoms with E-state index < -0.39 is 0 Å². The third-order valence-corrected chi connectivity index (χ3v) is 3.65. The van der Waals surface area contributed by atoms with E-state index in [1.165, 1.54) is 4.88 Å². The normalized spacial score (nSPS) is 11.0. The molecule has 3 aromatic heterocycles. The Kier molecular flexibility index (Phi) is 2.34. The van der Waals surface area contributed by atoms with Gasteiger partial charge in [0, 0.05) is 11.1 Å². The summed E-state index contributed by atoms with van der Waals surface area (Å²) in [4.78, 5) is 8.54. The first-order chi connectivity index (χ1) is 7.84. The number of nitrogens with one attached hydrogen (secondary N) is 1. The van der Waals surface area contributed by atoms with Gasteiger partial charge in [0.05, 0.1) is 23.8 Å². The fourth-order valence-corrected chi connectivity index (χ4v) is 2.69. The van der Waals surface area contributed by atoms with Gasteiger partial charge in [0.2, 0.25) is 0 Å². The molecule has 0 aromatic carbocycles. The Balaban J connectivity index is 2.16. The number of hydrogen-bond donors (Lipinski definition) is 1. The molecular weight excluding hydrogens is 238 g/mol. The van der Waals surface area contributed by atoms with Crippen molar-refractivity contribution in [1.29, 1.82) is 0 Å². The largest absolute Gasteiger partial charge is 0.329 e. The van der Waals surface area contributed by atoms with Gasteiger partial charge in [0.25, 0.3) is 0 Å². The third kappa shape index (κ3) is 1.58. The topological polar surface area (TPSA) is 33.6 Å². The number of H-pyrrole nitrogens is 1. The van der Waals surface area contributed by atoms with Crippen LogP contribution >= 0.6 is 23.6 Å². The van der Waals surface area contributed by atoms with Crippen LogP contribution in [0.15, 0.2) is 36.0 Å². The minimum atomic E-state index is 0.747. The number of rotatable bonds is 2. The molecule has 0 unspecified atom stereocenters. The zero-order valence-corrected chi connectivity index (χ0v) is 10.0. The lowest BCUT2D eigenvalue weighted by molar-refractivity contribution is 0.823. The summed E-state index contributed by atoms with van der Waals surface area (Å²) < 4.78 is 2.84. The average Bonchev–Trinajstić information content (AvgIpc) is 2.89. The van der Waals surface area contributed by atoms with E-state index in [0.29, 0.717) is 0 Å². The van der Waals surface area contributed by atoms with Crippen molar-refractivity contribution in [2.24, 2.45) is 0 Å². The smallest absolute Gasteiger partial charge is 0.178 e. The molecule has 3 nitrogen and oxygen atoms in total. The van der Waals surface area contributed by atoms with Crippen molar-refractivity contribution in [3.05, 3.63) is 45.6 Å². The molecule has 0 aliphatic heterocycles. The molecule has 3 heterocycles. The van der Waals surface area contributed by atoms with Gasteiger partial charge in [-0.25, -0.2) is 0 Å². The van der Waals surface area contributed by atoms with Gasteiger partial charge in [-0.2, -0.15) is 0 Å². The van der Waals surface area contributed by atoms with Crippen molar-refractivity contribution in [3.8, 4) is 0 Å². The highest BCUT2D eigenvalue weighted by molar-refractivity contribution is 7.71. The number of thiophene rings is 1. The van der Waals surface area contributed by atoms with Gasteiger partial charge in [-0.3, -0.25) is 4.98 Å². The summed E-state index contributed by atoms with van der Waals surface area (Å²) >= 11 is 7.05. The molecule has 3 rings (SSSR count). The molecule has 1 N–H and O–H groups in total. The number of nitrogens with zero attached hydrogens (tertiary/aromatic N) is 2. The zero-order valence-electron chi connectivity index (χ0n) is 8.38. The van der Waals surface area contributed by atoms with Gasteiger partial charge in [0.1, 0.15) is 0 Å². The predicted octanol–water partition coefficient (Wildman–Crippen LogP) is 3.20. The van der Waals surface area contributed by atoms with E-state index in [-0.39, 0.29) is 0 Å². The van der Waals surface area contributed by atoms with Crippen LogP contribution in [0.4, 0.5) is 0 Å². The number of hydrogen-bond acceptors (Lipinski definition) is 3. The van der Waals surface area contributed by atoms with Gasteiger partial charge in [-0.05, 0) is 29.7 Å². The number of imidazole rings is 1. The molecule has 80 valence electrons. The highest BCUT2D eigenvalue weighted by atomic mass is 32.1. The van der Waals surface area contributed by atoms with E-state index in [9.17, 15) is 0 Å². The molecule has 5 heteroatoms. The lowest BCUT2D eigenvalue weighted by Crippen LogP contribution is -1.97. The Morgan fingerprint density at radius 3 is 3.19 bits per heavy atom. The first kappa shape index (κ1) is 9.74. The van der Waals surface area contributed by atoms with Crippen LogP contribution < -0.4 is 0 Å². The Hall–Kier alpha value is -1.46. The van der Waals surface area contributed by atoms with E-state index in [2.05, 4.69) is 32.0 Å². The second-order valence-electron chi connectivity index (χ2n) is 3.49. The maximum absolute atomic E-state index is 5.31. The molecule has 0 aliphatic rings. The zero-order chi connectivity index (χ0) is 11.0. The Morgan fingerprint density at radius 2 is 2.38 bits per heavy atom. The Labute approximate surface area is 101 Å². The number of aromatic nitrogens is 3. The molecule has 0 amide bonds. The highest BCUT2D eigenvalue weighted by Gasteiger charge is 2.04. The summed E-state index contributed by atoms with van der Waals surface area (Å²) in [7, 11) is 0. The lowest BCUT2D eigenvalue weighted by Gasteiger charge is -2.01. The van der Waals surface area contributed by atoms with Gasteiger partial charge in [-0.1, -0.05) is 6.07 Å². The van der Waals surface area contributed by atoms with Crippen molar-refractivity contribution in [3.63, 3.8) is 0 Å². The molecule has 0 bridgehead atoms. The third-order valence-electron chi connectivity index (χ3n) is 2.47. The Morgan fingerprint density at radius 1 is 1.44 bits per heavy atom. The molecule has 16 heavy (non-hydrogen) atoms. The van der Waals surface area contributed by atoms with Gasteiger partial charge in [0.15, 0.2) is 4.77 Å². The van der Waals surface area contributed by atoms with E-state index >= 15 is 0 Å². The molecular formula is C11H9N3S2. The van der Waals surface area contributed by atoms with E-state index in [1.807, 2.05) is 6.07 Å². The summed E-state index contributed by atoms with van der Waals surface area (Å²) in [5.74, 6) is 0. The van der Waals surface area contributed by atoms with Gasteiger partial charge in [-0.15, -0.1) is 11.3 Å². The first-order valence-corrected chi connectivity index (χ1v) is 6.18. The number of fused-ring (bicyclic) bond motifs is 1. The monoisotopic (exact) mass is 247 g/mol. The Bertz CT molecular complexity index is 664. The highest BCUT2D eigenvalue weighted by Crippen LogP contribution is 2.16. The van der Waals surface area contributed by atoms with Crippen LogP contribution in [0.1, 0.15) is 4.88 Å². The minimum Gasteiger partial charge on any atom is -0.329 e. The fraction of sp³-hybridized carbons (Fsp3) is 0.0909. The number of aromatic amines is 1. The van der Waals surface area contributed by atoms with Crippen LogP contribution in [0.2, 0.25) is 0 Å². The predicted molar refractivity (Wildman–Crippen MR) is 68.3 cm³/mol. The molecule has 3 aromatic rings. The quantitative estimate of drug-likeness (QED) is 0.705. The maximum atomic E-state index is 5.31. The summed E-state index contributed by atoms with van der Waals surface area (Å²) in [5, 5.41) is 2.08. The summed E-state index contributed by atoms with van der Waals surface area (Å²) in [6, 6.07) is 6.15. The molecule has 0 radical (unpaired) electrons. The van der Waals surface area contributed by atoms with Crippen molar-refractivity contribution < 1.29 is 0 Å². The van der Waals surface area contributed by atoms with Crippen LogP contribution in [-0.2, 0) is 6.54 Å². The standard InChI is InChI=1S/C11H9N3S2/c15-11-13-9-6-12-4-3-10(9)14(11)7-8-2-1-5-16-8/h1-6H,7H2,(H,13,15). The average molecular weight is 247 g/mol. The van der Waals surface area contributed by atoms with Crippen molar-refractivity contribution in [2.45, 2.75) is 6.54 Å². The fourth-order valence-electron chi connectivity index (χ4n) is 1.73. The molecule has 0 saturated carbocycles.